The van der Waals surface area contributed by atoms with Crippen molar-refractivity contribution in [2.75, 3.05) is 14.2 Å². The maximum Gasteiger partial charge on any atom is 0.217 e. The first-order valence-electron chi connectivity index (χ1n) is 5.63. The molecule has 1 aliphatic rings. The first-order chi connectivity index (χ1) is 8.56. The van der Waals surface area contributed by atoms with Crippen LogP contribution in [-0.4, -0.2) is 32.0 Å². The average Bonchev–Trinajstić information content (AvgIpc) is 2.63. The molecule has 0 saturated carbocycles. The summed E-state index contributed by atoms with van der Waals surface area (Å²) < 4.78 is 10.4. The molecule has 0 aromatic heterocycles. The van der Waals surface area contributed by atoms with Gasteiger partial charge in [-0.15, -0.1) is 0 Å². The van der Waals surface area contributed by atoms with E-state index < -0.39 is 6.04 Å². The summed E-state index contributed by atoms with van der Waals surface area (Å²) in [5.41, 5.74) is 1.46. The van der Waals surface area contributed by atoms with E-state index in [9.17, 15) is 9.59 Å². The Balaban J connectivity index is 2.36. The predicted octanol–water partition coefficient (Wildman–Crippen LogP) is 0.947. The second-order valence-electron chi connectivity index (χ2n) is 4.19. The van der Waals surface area contributed by atoms with Gasteiger partial charge in [0.15, 0.2) is 17.3 Å². The minimum absolute atomic E-state index is 0.0823. The van der Waals surface area contributed by atoms with Gasteiger partial charge in [-0.2, -0.15) is 0 Å². The van der Waals surface area contributed by atoms with Crippen LogP contribution < -0.4 is 14.8 Å². The lowest BCUT2D eigenvalue weighted by molar-refractivity contribution is -0.119. The van der Waals surface area contributed by atoms with Crippen LogP contribution >= 0.6 is 0 Å². The molecule has 18 heavy (non-hydrogen) atoms. The number of fused-ring (bicyclic) bond motifs is 1. The summed E-state index contributed by atoms with van der Waals surface area (Å²) in [5, 5.41) is 2.64. The second kappa shape index (κ2) is 4.68. The SMILES string of the molecule is COc1cc2c(cc1OC)C(=O)C(NC(C)=O)C2. The second-order valence-corrected chi connectivity index (χ2v) is 4.19. The fraction of sp³-hybridized carbons (Fsp3) is 0.385. The third-order valence-corrected chi connectivity index (χ3v) is 2.99. The number of methoxy groups -OCH3 is 2. The van der Waals surface area contributed by atoms with Crippen LogP contribution in [0.25, 0.3) is 0 Å². The standard InChI is InChI=1S/C13H15NO4/c1-7(15)14-10-4-8-5-11(17-2)12(18-3)6-9(8)13(10)16/h5-6,10H,4H2,1-3H3,(H,14,15). The first-order valence-corrected chi connectivity index (χ1v) is 5.63. The minimum atomic E-state index is -0.477. The fourth-order valence-electron chi connectivity index (χ4n) is 2.18. The summed E-state index contributed by atoms with van der Waals surface area (Å²) in [4.78, 5) is 23.1. The highest BCUT2D eigenvalue weighted by atomic mass is 16.5. The molecule has 0 aliphatic heterocycles. The molecule has 5 nitrogen and oxygen atoms in total. The van der Waals surface area contributed by atoms with Crippen molar-refractivity contribution in [3.8, 4) is 11.5 Å². The molecule has 1 aliphatic carbocycles. The van der Waals surface area contributed by atoms with E-state index >= 15 is 0 Å². The topological polar surface area (TPSA) is 64.6 Å². The van der Waals surface area contributed by atoms with E-state index in [2.05, 4.69) is 5.32 Å². The molecule has 1 atom stereocenters. The van der Waals surface area contributed by atoms with Crippen molar-refractivity contribution in [2.24, 2.45) is 0 Å². The molecular formula is C13H15NO4. The van der Waals surface area contributed by atoms with E-state index in [4.69, 9.17) is 9.47 Å². The molecule has 5 heteroatoms. The lowest BCUT2D eigenvalue weighted by Crippen LogP contribution is -2.37. The monoisotopic (exact) mass is 249 g/mol. The van der Waals surface area contributed by atoms with Crippen molar-refractivity contribution in [1.29, 1.82) is 0 Å². The Kier molecular flexibility index (Phi) is 3.23. The van der Waals surface area contributed by atoms with E-state index in [0.717, 1.165) is 5.56 Å². The number of carbonyl (C=O) groups is 2. The van der Waals surface area contributed by atoms with Crippen LogP contribution in [0.2, 0.25) is 0 Å². The van der Waals surface area contributed by atoms with Gasteiger partial charge in [0.05, 0.1) is 20.3 Å². The number of nitrogens with one attached hydrogen (secondary N) is 1. The number of benzene rings is 1. The van der Waals surface area contributed by atoms with Gasteiger partial charge in [0.2, 0.25) is 5.91 Å². The van der Waals surface area contributed by atoms with Crippen LogP contribution in [0, 0.1) is 0 Å². The molecule has 0 heterocycles. The third-order valence-electron chi connectivity index (χ3n) is 2.99. The van der Waals surface area contributed by atoms with E-state index in [1.807, 2.05) is 0 Å². The first kappa shape index (κ1) is 12.4. The van der Waals surface area contributed by atoms with Crippen molar-refractivity contribution >= 4 is 11.7 Å². The number of hydrogen-bond donors (Lipinski definition) is 1. The van der Waals surface area contributed by atoms with E-state index in [-0.39, 0.29) is 11.7 Å². The summed E-state index contributed by atoms with van der Waals surface area (Å²) in [6.45, 7) is 1.40. The largest absolute Gasteiger partial charge is 0.493 e. The molecule has 96 valence electrons. The molecule has 0 saturated heterocycles. The quantitative estimate of drug-likeness (QED) is 0.866. The number of carbonyl (C=O) groups excluding carboxylic acids is 2. The third kappa shape index (κ3) is 2.03. The van der Waals surface area contributed by atoms with E-state index in [0.29, 0.717) is 23.5 Å². The highest BCUT2D eigenvalue weighted by Crippen LogP contribution is 2.34. The maximum absolute atomic E-state index is 12.1. The molecule has 0 spiro atoms. The van der Waals surface area contributed by atoms with Crippen molar-refractivity contribution in [3.05, 3.63) is 23.3 Å². The summed E-state index contributed by atoms with van der Waals surface area (Å²) in [6.07, 6.45) is 0.494. The number of ketones is 1. The van der Waals surface area contributed by atoms with Gasteiger partial charge in [-0.05, 0) is 17.7 Å². The Hall–Kier alpha value is -2.04. The van der Waals surface area contributed by atoms with Crippen LogP contribution in [0.4, 0.5) is 0 Å². The molecule has 0 radical (unpaired) electrons. The Labute approximate surface area is 105 Å². The van der Waals surface area contributed by atoms with Crippen molar-refractivity contribution in [3.63, 3.8) is 0 Å². The Morgan fingerprint density at radius 2 is 1.89 bits per heavy atom. The molecule has 2 rings (SSSR count). The molecule has 1 N–H and O–H groups in total. The number of rotatable bonds is 3. The lowest BCUT2D eigenvalue weighted by Gasteiger charge is -2.09. The normalized spacial score (nSPS) is 17.3. The van der Waals surface area contributed by atoms with Crippen molar-refractivity contribution < 1.29 is 19.1 Å². The van der Waals surface area contributed by atoms with Gasteiger partial charge in [0.1, 0.15) is 0 Å². The lowest BCUT2D eigenvalue weighted by atomic mass is 10.1. The van der Waals surface area contributed by atoms with Gasteiger partial charge >= 0.3 is 0 Å². The molecule has 1 aromatic rings. The van der Waals surface area contributed by atoms with Crippen LogP contribution in [0.3, 0.4) is 0 Å². The number of hydrogen-bond acceptors (Lipinski definition) is 4. The number of Topliss-reactive ketones (excluding diaryl/α,β-unsaturated/α-hetero) is 1. The highest BCUT2D eigenvalue weighted by molar-refractivity contribution is 6.06. The number of amides is 1. The van der Waals surface area contributed by atoms with E-state index in [1.165, 1.54) is 14.0 Å². The Morgan fingerprint density at radius 3 is 2.44 bits per heavy atom. The van der Waals surface area contributed by atoms with Gasteiger partial charge in [-0.1, -0.05) is 0 Å². The summed E-state index contributed by atoms with van der Waals surface area (Å²) >= 11 is 0. The van der Waals surface area contributed by atoms with Crippen LogP contribution in [-0.2, 0) is 11.2 Å². The van der Waals surface area contributed by atoms with Gasteiger partial charge in [-0.3, -0.25) is 9.59 Å². The highest BCUT2D eigenvalue weighted by Gasteiger charge is 2.32. The minimum Gasteiger partial charge on any atom is -0.493 e. The van der Waals surface area contributed by atoms with E-state index in [1.54, 1.807) is 19.2 Å². The molecule has 0 fully saturated rings. The van der Waals surface area contributed by atoms with Crippen LogP contribution in [0.15, 0.2) is 12.1 Å². The molecule has 1 amide bonds. The van der Waals surface area contributed by atoms with Crippen molar-refractivity contribution in [2.45, 2.75) is 19.4 Å². The average molecular weight is 249 g/mol. The number of ether oxygens (including phenoxy) is 2. The zero-order valence-electron chi connectivity index (χ0n) is 10.6. The molecule has 1 aromatic carbocycles. The van der Waals surface area contributed by atoms with Gasteiger partial charge in [0, 0.05) is 18.9 Å². The summed E-state index contributed by atoms with van der Waals surface area (Å²) in [5.74, 6) is 0.821. The van der Waals surface area contributed by atoms with Gasteiger partial charge < -0.3 is 14.8 Å². The maximum atomic E-state index is 12.1. The molecule has 1 unspecified atom stereocenters. The van der Waals surface area contributed by atoms with Gasteiger partial charge in [-0.25, -0.2) is 0 Å². The summed E-state index contributed by atoms with van der Waals surface area (Å²) in [7, 11) is 3.07. The van der Waals surface area contributed by atoms with Gasteiger partial charge in [0.25, 0.3) is 0 Å². The zero-order valence-corrected chi connectivity index (χ0v) is 10.6. The summed E-state index contributed by atoms with van der Waals surface area (Å²) in [6, 6.07) is 2.97. The molecular weight excluding hydrogens is 234 g/mol. The zero-order chi connectivity index (χ0) is 13.3. The fourth-order valence-corrected chi connectivity index (χ4v) is 2.18. The predicted molar refractivity (Wildman–Crippen MR) is 65.2 cm³/mol. The Bertz CT molecular complexity index is 510. The smallest absolute Gasteiger partial charge is 0.217 e. The van der Waals surface area contributed by atoms with Crippen molar-refractivity contribution in [1.82, 2.24) is 5.32 Å². The Morgan fingerprint density at radius 1 is 1.28 bits per heavy atom. The van der Waals surface area contributed by atoms with Crippen LogP contribution in [0.5, 0.6) is 11.5 Å². The van der Waals surface area contributed by atoms with Crippen LogP contribution in [0.1, 0.15) is 22.8 Å². The molecule has 0 bridgehead atoms.